The average Bonchev–Trinajstić information content (AvgIpc) is 3.14. The third kappa shape index (κ3) is 1.82. The average molecular weight is 331 g/mol. The topological polar surface area (TPSA) is 128 Å². The zero-order valence-corrected chi connectivity index (χ0v) is 13.4. The summed E-state index contributed by atoms with van der Waals surface area (Å²) in [4.78, 5) is 3.92. The van der Waals surface area contributed by atoms with Crippen LogP contribution in [0.25, 0.3) is 5.52 Å². The van der Waals surface area contributed by atoms with Gasteiger partial charge in [0, 0.05) is 0 Å². The molecule has 2 aromatic heterocycles. The van der Waals surface area contributed by atoms with Crippen molar-refractivity contribution >= 4 is 11.3 Å². The van der Waals surface area contributed by atoms with Gasteiger partial charge in [-0.3, -0.25) is 0 Å². The highest BCUT2D eigenvalue weighted by Gasteiger charge is 2.69. The van der Waals surface area contributed by atoms with Crippen LogP contribution in [0.3, 0.4) is 0 Å². The number of nitriles is 1. The predicted octanol–water partition coefficient (Wildman–Crippen LogP) is 0.289. The Morgan fingerprint density at radius 2 is 2.00 bits per heavy atom. The van der Waals surface area contributed by atoms with Crippen LogP contribution < -0.4 is 5.73 Å². The summed E-state index contributed by atoms with van der Waals surface area (Å²) in [7, 11) is 0. The van der Waals surface area contributed by atoms with Gasteiger partial charge in [-0.15, -0.1) is 0 Å². The molecule has 1 unspecified atom stereocenters. The number of fused-ring (bicyclic) bond motifs is 2. The van der Waals surface area contributed by atoms with Crippen molar-refractivity contribution in [2.24, 2.45) is 0 Å². The van der Waals surface area contributed by atoms with Crippen LogP contribution in [0.5, 0.6) is 0 Å². The fourth-order valence-electron chi connectivity index (χ4n) is 3.40. The first-order chi connectivity index (χ1) is 11.2. The van der Waals surface area contributed by atoms with Gasteiger partial charge in [0.1, 0.15) is 29.7 Å². The standard InChI is InChI=1S/C15H17N5O4/c1-13(2)22-10-11(23-13)15(21,24-14(10,3)6-16)9-5-4-8-12(17)18-7-19-20(8)9/h4-5,7,10-11,21H,1-3H3,(H2,17,18,19)/t10-,11-,14+,15?/m0/s1. The number of hydrogen-bond acceptors (Lipinski definition) is 8. The van der Waals surface area contributed by atoms with Crippen LogP contribution in [0, 0.1) is 11.3 Å². The lowest BCUT2D eigenvalue weighted by Gasteiger charge is -2.30. The van der Waals surface area contributed by atoms with Gasteiger partial charge in [-0.05, 0) is 32.9 Å². The third-order valence-corrected chi connectivity index (χ3v) is 4.46. The van der Waals surface area contributed by atoms with E-state index >= 15 is 0 Å². The molecule has 2 saturated heterocycles. The number of nitrogens with zero attached hydrogens (tertiary/aromatic N) is 4. The van der Waals surface area contributed by atoms with E-state index in [1.807, 2.05) is 0 Å². The summed E-state index contributed by atoms with van der Waals surface area (Å²) in [6.45, 7) is 5.01. The van der Waals surface area contributed by atoms with Crippen molar-refractivity contribution in [1.82, 2.24) is 14.6 Å². The lowest BCUT2D eigenvalue weighted by atomic mass is 9.96. The van der Waals surface area contributed by atoms with Crippen molar-refractivity contribution in [3.05, 3.63) is 24.2 Å². The zero-order valence-electron chi connectivity index (χ0n) is 13.4. The van der Waals surface area contributed by atoms with Gasteiger partial charge < -0.3 is 25.1 Å². The first-order valence-corrected chi connectivity index (χ1v) is 7.48. The van der Waals surface area contributed by atoms with Crippen LogP contribution in [0.2, 0.25) is 0 Å². The van der Waals surface area contributed by atoms with Crippen molar-refractivity contribution in [1.29, 1.82) is 5.26 Å². The molecule has 9 heteroatoms. The minimum atomic E-state index is -1.92. The summed E-state index contributed by atoms with van der Waals surface area (Å²) >= 11 is 0. The molecule has 126 valence electrons. The Kier molecular flexibility index (Phi) is 2.82. The predicted molar refractivity (Wildman–Crippen MR) is 80.2 cm³/mol. The van der Waals surface area contributed by atoms with E-state index in [2.05, 4.69) is 16.2 Å². The van der Waals surface area contributed by atoms with Crippen LogP contribution in [0.4, 0.5) is 5.82 Å². The Morgan fingerprint density at radius 3 is 2.71 bits per heavy atom. The van der Waals surface area contributed by atoms with E-state index in [4.69, 9.17) is 19.9 Å². The number of nitrogens with two attached hydrogens (primary N) is 1. The second kappa shape index (κ2) is 4.43. The molecule has 4 atom stereocenters. The van der Waals surface area contributed by atoms with Gasteiger partial charge >= 0.3 is 0 Å². The normalized spacial score (nSPS) is 37.5. The molecule has 4 heterocycles. The molecule has 0 spiro atoms. The van der Waals surface area contributed by atoms with E-state index in [9.17, 15) is 10.4 Å². The summed E-state index contributed by atoms with van der Waals surface area (Å²) in [5, 5.41) is 25.0. The van der Waals surface area contributed by atoms with E-state index in [-0.39, 0.29) is 5.82 Å². The van der Waals surface area contributed by atoms with E-state index in [0.29, 0.717) is 11.2 Å². The molecule has 0 aliphatic carbocycles. The van der Waals surface area contributed by atoms with Crippen LogP contribution in [0.15, 0.2) is 18.5 Å². The Bertz CT molecular complexity index is 874. The molecular weight excluding hydrogens is 314 g/mol. The monoisotopic (exact) mass is 331 g/mol. The Labute approximate surface area is 137 Å². The van der Waals surface area contributed by atoms with E-state index < -0.39 is 29.4 Å². The minimum Gasteiger partial charge on any atom is -0.382 e. The molecule has 0 saturated carbocycles. The highest BCUT2D eigenvalue weighted by molar-refractivity contribution is 5.65. The quantitative estimate of drug-likeness (QED) is 0.763. The minimum absolute atomic E-state index is 0.265. The SMILES string of the molecule is CC1(C)O[C@H]2[C@H](O1)[C@@](C)(C#N)OC2(O)c1ccc2c(N)ncnn12. The molecule has 0 amide bonds. The summed E-state index contributed by atoms with van der Waals surface area (Å²) in [5.41, 5.74) is 5.27. The maximum atomic E-state index is 11.3. The van der Waals surface area contributed by atoms with Gasteiger partial charge in [-0.25, -0.2) is 9.50 Å². The lowest BCUT2D eigenvalue weighted by Crippen LogP contribution is -2.41. The number of anilines is 1. The smallest absolute Gasteiger partial charge is 0.241 e. The Hall–Kier alpha value is -2.25. The third-order valence-electron chi connectivity index (χ3n) is 4.46. The van der Waals surface area contributed by atoms with Gasteiger partial charge in [-0.1, -0.05) is 0 Å². The maximum absolute atomic E-state index is 11.3. The highest BCUT2D eigenvalue weighted by Crippen LogP contribution is 2.51. The molecule has 24 heavy (non-hydrogen) atoms. The van der Waals surface area contributed by atoms with Crippen molar-refractivity contribution in [3.8, 4) is 6.07 Å². The van der Waals surface area contributed by atoms with Gasteiger partial charge in [0.25, 0.3) is 0 Å². The van der Waals surface area contributed by atoms with Gasteiger partial charge in [0.15, 0.2) is 23.3 Å². The van der Waals surface area contributed by atoms with Crippen molar-refractivity contribution in [2.75, 3.05) is 5.73 Å². The number of hydrogen-bond donors (Lipinski definition) is 2. The number of nitrogen functional groups attached to an aromatic ring is 1. The lowest BCUT2D eigenvalue weighted by molar-refractivity contribution is -0.292. The first-order valence-electron chi connectivity index (χ1n) is 7.48. The molecule has 2 aromatic rings. The second-order valence-corrected chi connectivity index (χ2v) is 6.65. The van der Waals surface area contributed by atoms with E-state index in [1.54, 1.807) is 32.9 Å². The summed E-state index contributed by atoms with van der Waals surface area (Å²) in [6, 6.07) is 5.36. The number of ether oxygens (including phenoxy) is 3. The van der Waals surface area contributed by atoms with Crippen molar-refractivity contribution in [3.63, 3.8) is 0 Å². The van der Waals surface area contributed by atoms with Crippen molar-refractivity contribution in [2.45, 2.75) is 50.2 Å². The molecule has 3 N–H and O–H groups in total. The fourth-order valence-corrected chi connectivity index (χ4v) is 3.40. The first kappa shape index (κ1) is 15.3. The second-order valence-electron chi connectivity index (χ2n) is 6.65. The van der Waals surface area contributed by atoms with Gasteiger partial charge in [0.05, 0.1) is 0 Å². The van der Waals surface area contributed by atoms with E-state index in [0.717, 1.165) is 0 Å². The molecule has 0 aromatic carbocycles. The summed E-state index contributed by atoms with van der Waals surface area (Å²) < 4.78 is 18.9. The van der Waals surface area contributed by atoms with Crippen LogP contribution in [-0.4, -0.2) is 43.3 Å². The molecule has 0 bridgehead atoms. The summed E-state index contributed by atoms with van der Waals surface area (Å²) in [5.74, 6) is -2.61. The molecular formula is C15H17N5O4. The van der Waals surface area contributed by atoms with Crippen LogP contribution in [0.1, 0.15) is 26.5 Å². The van der Waals surface area contributed by atoms with Crippen LogP contribution >= 0.6 is 0 Å². The highest BCUT2D eigenvalue weighted by atomic mass is 16.8. The van der Waals surface area contributed by atoms with Crippen molar-refractivity contribution < 1.29 is 19.3 Å². The van der Waals surface area contributed by atoms with Gasteiger partial charge in [-0.2, -0.15) is 10.4 Å². The summed E-state index contributed by atoms with van der Waals surface area (Å²) in [6.07, 6.45) is -0.375. The Morgan fingerprint density at radius 1 is 1.29 bits per heavy atom. The van der Waals surface area contributed by atoms with Gasteiger partial charge in [0.2, 0.25) is 5.79 Å². The Balaban J connectivity index is 1.90. The number of aromatic nitrogens is 3. The molecule has 9 nitrogen and oxygen atoms in total. The molecule has 2 fully saturated rings. The molecule has 2 aliphatic rings. The van der Waals surface area contributed by atoms with Crippen LogP contribution in [-0.2, 0) is 20.0 Å². The molecule has 2 aliphatic heterocycles. The number of aliphatic hydroxyl groups is 1. The largest absolute Gasteiger partial charge is 0.382 e. The van der Waals surface area contributed by atoms with E-state index in [1.165, 1.54) is 10.8 Å². The number of rotatable bonds is 1. The molecule has 4 rings (SSSR count). The fraction of sp³-hybridized carbons (Fsp3) is 0.533. The molecule has 0 radical (unpaired) electrons. The maximum Gasteiger partial charge on any atom is 0.241 e. The zero-order chi connectivity index (χ0) is 17.3.